The second kappa shape index (κ2) is 6.18. The molecule has 1 aromatic heterocycles. The molecule has 0 aliphatic heterocycles. The molecule has 1 aromatic rings. The molecule has 1 amide bonds. The van der Waals surface area contributed by atoms with Crippen molar-refractivity contribution in [3.63, 3.8) is 0 Å². The Hall–Kier alpha value is -2.38. The van der Waals surface area contributed by atoms with Gasteiger partial charge in [-0.15, -0.1) is 0 Å². The number of nitrogens with one attached hydrogen (secondary N) is 1. The lowest BCUT2D eigenvalue weighted by atomic mass is 10.1. The first-order valence-corrected chi connectivity index (χ1v) is 6.03. The van der Waals surface area contributed by atoms with Gasteiger partial charge in [0, 0.05) is 6.20 Å². The van der Waals surface area contributed by atoms with Gasteiger partial charge in [0.1, 0.15) is 18.0 Å². The number of carboxylic acids is 1. The number of aromatic nitrogens is 2. The molecule has 1 heterocycles. The summed E-state index contributed by atoms with van der Waals surface area (Å²) in [6.45, 7) is 4.90. The minimum Gasteiger partial charge on any atom is -0.480 e. The number of anilines is 1. The van der Waals surface area contributed by atoms with Crippen LogP contribution in [-0.2, 0) is 16.1 Å². The molecule has 20 heavy (non-hydrogen) atoms. The van der Waals surface area contributed by atoms with Crippen LogP contribution in [0.2, 0.25) is 0 Å². The number of hydrogen-bond acceptors (Lipinski definition) is 5. The van der Waals surface area contributed by atoms with E-state index in [4.69, 9.17) is 9.84 Å². The Balaban J connectivity index is 2.75. The van der Waals surface area contributed by atoms with Gasteiger partial charge in [-0.05, 0) is 26.3 Å². The van der Waals surface area contributed by atoms with Crippen LogP contribution in [0, 0.1) is 0 Å². The highest BCUT2D eigenvalue weighted by Crippen LogP contribution is 2.14. The van der Waals surface area contributed by atoms with Crippen LogP contribution in [0.5, 0.6) is 0 Å². The number of nitrogens with zero attached hydrogens (tertiary/aromatic N) is 2. The van der Waals surface area contributed by atoms with E-state index in [1.54, 1.807) is 13.8 Å². The zero-order valence-electron chi connectivity index (χ0n) is 11.5. The lowest BCUT2D eigenvalue weighted by Crippen LogP contribution is -2.31. The first kappa shape index (κ1) is 15.7. The lowest BCUT2D eigenvalue weighted by Gasteiger charge is -2.23. The monoisotopic (exact) mass is 283 g/mol. The number of hydrogen-bond donors (Lipinski definition) is 2. The zero-order valence-corrected chi connectivity index (χ0v) is 11.5. The standard InChI is InChI=1S/C12H17N3O5/c1-4-12(2,3)20-11(19)14-8-5-6-15(7-9(16)17)10(18)13-8/h5-6H,4,7H2,1-3H3,(H,16,17)(H,13,14,18,19). The predicted octanol–water partition coefficient (Wildman–Crippen LogP) is 1.06. The second-order valence-electron chi connectivity index (χ2n) is 4.74. The van der Waals surface area contributed by atoms with E-state index in [9.17, 15) is 14.4 Å². The maximum absolute atomic E-state index is 11.6. The molecule has 0 aliphatic rings. The van der Waals surface area contributed by atoms with Crippen molar-refractivity contribution in [3.05, 3.63) is 22.7 Å². The molecule has 0 radical (unpaired) electrons. The Bertz CT molecular complexity index is 564. The molecule has 0 unspecified atom stereocenters. The largest absolute Gasteiger partial charge is 0.480 e. The smallest absolute Gasteiger partial charge is 0.413 e. The van der Waals surface area contributed by atoms with Crippen LogP contribution < -0.4 is 11.0 Å². The Morgan fingerprint density at radius 2 is 2.15 bits per heavy atom. The van der Waals surface area contributed by atoms with E-state index < -0.39 is 29.9 Å². The highest BCUT2D eigenvalue weighted by Gasteiger charge is 2.20. The van der Waals surface area contributed by atoms with Crippen LogP contribution in [0.3, 0.4) is 0 Å². The molecule has 110 valence electrons. The van der Waals surface area contributed by atoms with Gasteiger partial charge in [0.05, 0.1) is 0 Å². The number of aliphatic carboxylic acids is 1. The van der Waals surface area contributed by atoms with Gasteiger partial charge in [-0.25, -0.2) is 9.59 Å². The molecule has 0 aromatic carbocycles. The summed E-state index contributed by atoms with van der Waals surface area (Å²) in [4.78, 5) is 37.1. The maximum Gasteiger partial charge on any atom is 0.413 e. The number of carbonyl (C=O) groups excluding carboxylic acids is 1. The van der Waals surface area contributed by atoms with Gasteiger partial charge in [0.2, 0.25) is 0 Å². The summed E-state index contributed by atoms with van der Waals surface area (Å²) >= 11 is 0. The summed E-state index contributed by atoms with van der Waals surface area (Å²) in [6, 6.07) is 1.32. The average molecular weight is 283 g/mol. The molecule has 0 atom stereocenters. The Morgan fingerprint density at radius 1 is 1.50 bits per heavy atom. The molecular weight excluding hydrogens is 266 g/mol. The summed E-state index contributed by atoms with van der Waals surface area (Å²) in [6.07, 6.45) is 1.15. The number of carboxylic acid groups (broad SMARTS) is 1. The topological polar surface area (TPSA) is 111 Å². The fourth-order valence-electron chi connectivity index (χ4n) is 1.22. The third-order valence-electron chi connectivity index (χ3n) is 2.63. The minimum absolute atomic E-state index is 0.00791. The zero-order chi connectivity index (χ0) is 15.3. The van der Waals surface area contributed by atoms with E-state index in [1.165, 1.54) is 12.3 Å². The van der Waals surface area contributed by atoms with E-state index in [-0.39, 0.29) is 5.82 Å². The van der Waals surface area contributed by atoms with Crippen LogP contribution in [0.25, 0.3) is 0 Å². The molecule has 0 fully saturated rings. The molecule has 0 saturated heterocycles. The van der Waals surface area contributed by atoms with Gasteiger partial charge in [-0.1, -0.05) is 6.92 Å². The molecular formula is C12H17N3O5. The fourth-order valence-corrected chi connectivity index (χ4v) is 1.22. The Morgan fingerprint density at radius 3 is 2.65 bits per heavy atom. The van der Waals surface area contributed by atoms with Crippen molar-refractivity contribution >= 4 is 17.9 Å². The van der Waals surface area contributed by atoms with Crippen LogP contribution in [-0.4, -0.2) is 32.3 Å². The first-order chi connectivity index (χ1) is 9.23. The second-order valence-corrected chi connectivity index (χ2v) is 4.74. The maximum atomic E-state index is 11.6. The number of carbonyl (C=O) groups is 2. The highest BCUT2D eigenvalue weighted by molar-refractivity contribution is 5.83. The van der Waals surface area contributed by atoms with E-state index in [2.05, 4.69) is 10.3 Å². The van der Waals surface area contributed by atoms with Gasteiger partial charge >= 0.3 is 17.8 Å². The van der Waals surface area contributed by atoms with E-state index in [1.807, 2.05) is 6.92 Å². The lowest BCUT2D eigenvalue weighted by molar-refractivity contribution is -0.137. The van der Waals surface area contributed by atoms with Crippen molar-refractivity contribution < 1.29 is 19.4 Å². The third kappa shape index (κ3) is 4.71. The highest BCUT2D eigenvalue weighted by atomic mass is 16.6. The molecule has 8 heteroatoms. The van der Waals surface area contributed by atoms with Gasteiger partial charge < -0.3 is 9.84 Å². The third-order valence-corrected chi connectivity index (χ3v) is 2.63. The van der Waals surface area contributed by atoms with Crippen LogP contribution in [0.15, 0.2) is 17.1 Å². The number of rotatable bonds is 5. The average Bonchev–Trinajstić information content (AvgIpc) is 2.31. The van der Waals surface area contributed by atoms with Gasteiger partial charge in [0.25, 0.3) is 0 Å². The summed E-state index contributed by atoms with van der Waals surface area (Å²) in [5.41, 5.74) is -1.39. The molecule has 0 spiro atoms. The van der Waals surface area contributed by atoms with Crippen LogP contribution >= 0.6 is 0 Å². The van der Waals surface area contributed by atoms with Gasteiger partial charge in [0.15, 0.2) is 0 Å². The van der Waals surface area contributed by atoms with Crippen molar-refractivity contribution in [2.45, 2.75) is 39.3 Å². The molecule has 1 rings (SSSR count). The number of ether oxygens (including phenoxy) is 1. The first-order valence-electron chi connectivity index (χ1n) is 6.03. The summed E-state index contributed by atoms with van der Waals surface area (Å²) in [5.74, 6) is -1.15. The number of amides is 1. The van der Waals surface area contributed by atoms with Crippen molar-refractivity contribution in [2.24, 2.45) is 0 Å². The van der Waals surface area contributed by atoms with Crippen molar-refractivity contribution in [1.82, 2.24) is 9.55 Å². The van der Waals surface area contributed by atoms with E-state index in [0.29, 0.717) is 6.42 Å². The molecule has 0 saturated carbocycles. The molecule has 8 nitrogen and oxygen atoms in total. The van der Waals surface area contributed by atoms with E-state index >= 15 is 0 Å². The summed E-state index contributed by atoms with van der Waals surface area (Å²) in [5, 5.41) is 10.9. The van der Waals surface area contributed by atoms with Crippen molar-refractivity contribution in [1.29, 1.82) is 0 Å². The Labute approximate surface area is 115 Å². The van der Waals surface area contributed by atoms with Crippen molar-refractivity contribution in [3.8, 4) is 0 Å². The molecule has 2 N–H and O–H groups in total. The Kier molecular flexibility index (Phi) is 4.84. The molecule has 0 aliphatic carbocycles. The van der Waals surface area contributed by atoms with Gasteiger partial charge in [-0.2, -0.15) is 4.98 Å². The van der Waals surface area contributed by atoms with Crippen LogP contribution in [0.1, 0.15) is 27.2 Å². The summed E-state index contributed by atoms with van der Waals surface area (Å²) in [7, 11) is 0. The van der Waals surface area contributed by atoms with Crippen molar-refractivity contribution in [2.75, 3.05) is 5.32 Å². The quantitative estimate of drug-likeness (QED) is 0.836. The predicted molar refractivity (Wildman–Crippen MR) is 70.6 cm³/mol. The fraction of sp³-hybridized carbons (Fsp3) is 0.500. The minimum atomic E-state index is -1.15. The normalized spacial score (nSPS) is 10.9. The van der Waals surface area contributed by atoms with Crippen LogP contribution in [0.4, 0.5) is 10.6 Å². The summed E-state index contributed by atoms with van der Waals surface area (Å²) < 4.78 is 6.04. The SMILES string of the molecule is CCC(C)(C)OC(=O)Nc1ccn(CC(=O)O)c(=O)n1. The van der Waals surface area contributed by atoms with Gasteiger partial charge in [-0.3, -0.25) is 14.7 Å². The molecule has 0 bridgehead atoms. The van der Waals surface area contributed by atoms with E-state index in [0.717, 1.165) is 4.57 Å².